The first kappa shape index (κ1) is 16.4. The largest absolute Gasteiger partial charge is 1.00 e. The van der Waals surface area contributed by atoms with Gasteiger partial charge in [-0.05, 0) is 0 Å². The molecule has 1 aromatic rings. The van der Waals surface area contributed by atoms with Gasteiger partial charge < -0.3 is 12.9 Å². The molecule has 0 aromatic heterocycles. The van der Waals surface area contributed by atoms with E-state index in [-0.39, 0.29) is 63.5 Å². The summed E-state index contributed by atoms with van der Waals surface area (Å²) in [7, 11) is 0. The second-order valence-electron chi connectivity index (χ2n) is 2.77. The average molecular weight is 270 g/mol. The van der Waals surface area contributed by atoms with Gasteiger partial charge in [-0.3, -0.25) is 0 Å². The van der Waals surface area contributed by atoms with Crippen LogP contribution in [0.3, 0.4) is 0 Å². The van der Waals surface area contributed by atoms with E-state index < -0.39 is 36.1 Å². The molecule has 0 saturated heterocycles. The van der Waals surface area contributed by atoms with Crippen molar-refractivity contribution in [2.45, 2.75) is 6.43 Å². The monoisotopic (exact) mass is 270 g/mol. The fourth-order valence-electron chi connectivity index (χ4n) is 1.00. The van der Waals surface area contributed by atoms with Crippen LogP contribution in [0, 0.1) is 11.6 Å². The second-order valence-corrected chi connectivity index (χ2v) is 2.77. The van der Waals surface area contributed by atoms with Crippen LogP contribution in [0.5, 0.6) is 0 Å². The Balaban J connectivity index is 0.00000225. The SMILES string of the molecule is Fc1cc([B-](F)(F)F)cc(F)c1C(F)F.[K+]. The minimum Gasteiger partial charge on any atom is -0.445 e. The van der Waals surface area contributed by atoms with E-state index in [1.165, 1.54) is 0 Å². The molecule has 9 heteroatoms. The van der Waals surface area contributed by atoms with E-state index in [9.17, 15) is 30.5 Å². The summed E-state index contributed by atoms with van der Waals surface area (Å²) in [5.41, 5.74) is -3.21. The molecule has 84 valence electrons. The summed E-state index contributed by atoms with van der Waals surface area (Å²) in [4.78, 5) is 0. The van der Waals surface area contributed by atoms with Crippen LogP contribution in [-0.2, 0) is 0 Å². The van der Waals surface area contributed by atoms with Gasteiger partial charge in [-0.15, -0.1) is 5.46 Å². The molecule has 0 bridgehead atoms. The maximum absolute atomic E-state index is 12.7. The summed E-state index contributed by atoms with van der Waals surface area (Å²) in [5.74, 6) is -3.78. The van der Waals surface area contributed by atoms with Crippen LogP contribution in [0.4, 0.5) is 30.5 Å². The molecule has 0 atom stereocenters. The summed E-state index contributed by atoms with van der Waals surface area (Å²) in [6, 6.07) is -0.269. The van der Waals surface area contributed by atoms with Crippen LogP contribution in [-0.4, -0.2) is 6.98 Å². The topological polar surface area (TPSA) is 0 Å². The summed E-state index contributed by atoms with van der Waals surface area (Å²) < 4.78 is 85.4. The molecule has 0 fully saturated rings. The zero-order valence-electron chi connectivity index (χ0n) is 7.96. The first-order valence-corrected chi connectivity index (χ1v) is 3.70. The number of halogens is 7. The molecule has 0 N–H and O–H groups in total. The number of rotatable bonds is 2. The van der Waals surface area contributed by atoms with E-state index in [2.05, 4.69) is 0 Å². The van der Waals surface area contributed by atoms with Gasteiger partial charge in [0.2, 0.25) is 0 Å². The number of alkyl halides is 2. The zero-order chi connectivity index (χ0) is 11.8. The summed E-state index contributed by atoms with van der Waals surface area (Å²) in [6.45, 7) is -5.60. The fourth-order valence-corrected chi connectivity index (χ4v) is 1.00. The smallest absolute Gasteiger partial charge is 0.445 e. The van der Waals surface area contributed by atoms with Crippen molar-refractivity contribution in [1.29, 1.82) is 0 Å². The summed E-state index contributed by atoms with van der Waals surface area (Å²) in [5, 5.41) is 0. The molecule has 1 rings (SSSR count). The van der Waals surface area contributed by atoms with Crippen LogP contribution >= 0.6 is 0 Å². The average Bonchev–Trinajstić information content (AvgIpc) is 1.99. The van der Waals surface area contributed by atoms with E-state index in [0.717, 1.165) is 0 Å². The van der Waals surface area contributed by atoms with Crippen molar-refractivity contribution in [3.63, 3.8) is 0 Å². The van der Waals surface area contributed by atoms with E-state index >= 15 is 0 Å². The van der Waals surface area contributed by atoms with Gasteiger partial charge in [-0.2, -0.15) is 0 Å². The van der Waals surface area contributed by atoms with Gasteiger partial charge in [0.05, 0.1) is 5.56 Å². The Hall–Kier alpha value is 0.431. The van der Waals surface area contributed by atoms with Gasteiger partial charge in [-0.25, -0.2) is 17.6 Å². The molecular weight excluding hydrogens is 267 g/mol. The number of hydrogen-bond acceptors (Lipinski definition) is 0. The van der Waals surface area contributed by atoms with Crippen molar-refractivity contribution in [2.24, 2.45) is 0 Å². The van der Waals surface area contributed by atoms with Crippen molar-refractivity contribution in [1.82, 2.24) is 0 Å². The minimum absolute atomic E-state index is 0. The van der Waals surface area contributed by atoms with Crippen molar-refractivity contribution >= 4 is 12.4 Å². The van der Waals surface area contributed by atoms with Gasteiger partial charge in [-0.1, -0.05) is 12.1 Å². The Morgan fingerprint density at radius 3 is 1.56 bits per heavy atom. The Morgan fingerprint density at radius 1 is 0.938 bits per heavy atom. The minimum atomic E-state index is -5.60. The van der Waals surface area contributed by atoms with E-state index in [4.69, 9.17) is 0 Å². The van der Waals surface area contributed by atoms with Crippen LogP contribution in [0.25, 0.3) is 0 Å². The van der Waals surface area contributed by atoms with Crippen molar-refractivity contribution in [2.75, 3.05) is 0 Å². The van der Waals surface area contributed by atoms with E-state index in [1.807, 2.05) is 0 Å². The third-order valence-electron chi connectivity index (χ3n) is 1.70. The maximum atomic E-state index is 12.7. The maximum Gasteiger partial charge on any atom is 1.00 e. The molecule has 0 heterocycles. The van der Waals surface area contributed by atoms with Crippen LogP contribution in [0.2, 0.25) is 0 Å². The number of hydrogen-bond donors (Lipinski definition) is 0. The summed E-state index contributed by atoms with van der Waals surface area (Å²) in [6.07, 6.45) is -3.49. The van der Waals surface area contributed by atoms with Crippen molar-refractivity contribution < 1.29 is 81.9 Å². The molecule has 0 radical (unpaired) electrons. The Morgan fingerprint density at radius 2 is 1.31 bits per heavy atom. The first-order chi connectivity index (χ1) is 6.73. The first-order valence-electron chi connectivity index (χ1n) is 3.70. The molecule has 0 aliphatic carbocycles. The Labute approximate surface area is 129 Å². The molecule has 0 aliphatic rings. The number of benzene rings is 1. The molecule has 16 heavy (non-hydrogen) atoms. The van der Waals surface area contributed by atoms with Gasteiger partial charge in [0.15, 0.2) is 0 Å². The standard InChI is InChI=1S/C7H3BF7.K/c9-4-1-3(8(13,14)15)2-5(10)6(4)7(11)12;/h1-2,7H;/q-1;+1. The molecule has 1 aromatic carbocycles. The van der Waals surface area contributed by atoms with Crippen LogP contribution in [0.1, 0.15) is 12.0 Å². The predicted molar refractivity (Wildman–Crippen MR) is 40.0 cm³/mol. The van der Waals surface area contributed by atoms with Crippen molar-refractivity contribution in [3.8, 4) is 0 Å². The molecule has 0 unspecified atom stereocenters. The third kappa shape index (κ3) is 3.73. The summed E-state index contributed by atoms with van der Waals surface area (Å²) >= 11 is 0. The van der Waals surface area contributed by atoms with Crippen LogP contribution in [0.15, 0.2) is 12.1 Å². The molecule has 0 nitrogen and oxygen atoms in total. The second kappa shape index (κ2) is 5.85. The zero-order valence-corrected chi connectivity index (χ0v) is 11.1. The van der Waals surface area contributed by atoms with Gasteiger partial charge >= 0.3 is 58.4 Å². The molecule has 0 amide bonds. The van der Waals surface area contributed by atoms with E-state index in [0.29, 0.717) is 0 Å². The molecule has 0 aliphatic heterocycles. The van der Waals surface area contributed by atoms with Gasteiger partial charge in [0.1, 0.15) is 11.6 Å². The van der Waals surface area contributed by atoms with E-state index in [1.54, 1.807) is 0 Å². The quantitative estimate of drug-likeness (QED) is 0.522. The molecule has 0 spiro atoms. The predicted octanol–water partition coefficient (Wildman–Crippen LogP) is -0.0392. The third-order valence-corrected chi connectivity index (χ3v) is 1.70. The molecular formula is C7H3BF7K. The van der Waals surface area contributed by atoms with Gasteiger partial charge in [0, 0.05) is 0 Å². The van der Waals surface area contributed by atoms with Crippen LogP contribution < -0.4 is 56.8 Å². The normalized spacial score (nSPS) is 11.5. The Kier molecular flexibility index (Phi) is 6.01. The van der Waals surface area contributed by atoms with Gasteiger partial charge in [0.25, 0.3) is 6.43 Å². The fraction of sp³-hybridized carbons (Fsp3) is 0.143. The Bertz CT molecular complexity index is 352. The molecule has 0 saturated carbocycles. The van der Waals surface area contributed by atoms with Crippen molar-refractivity contribution in [3.05, 3.63) is 29.3 Å².